The number of halogens is 2. The molecule has 138 valence electrons. The van der Waals surface area contributed by atoms with Crippen LogP contribution in [0.25, 0.3) is 11.1 Å². The van der Waals surface area contributed by atoms with Crippen molar-refractivity contribution in [3.63, 3.8) is 0 Å². The molecule has 1 N–H and O–H groups in total. The van der Waals surface area contributed by atoms with Crippen LogP contribution in [0.3, 0.4) is 0 Å². The number of anilines is 1. The average Bonchev–Trinajstić information content (AvgIpc) is 3.08. The van der Waals surface area contributed by atoms with Gasteiger partial charge in [0.15, 0.2) is 11.5 Å². The first-order valence-corrected chi connectivity index (χ1v) is 8.60. The smallest absolute Gasteiger partial charge is 0.272 e. The largest absolute Gasteiger partial charge is 0.454 e. The Morgan fingerprint density at radius 2 is 2.00 bits per heavy atom. The maximum absolute atomic E-state index is 13.2. The predicted molar refractivity (Wildman–Crippen MR) is 94.0 cm³/mol. The lowest BCUT2D eigenvalue weighted by Crippen LogP contribution is -2.05. The van der Waals surface area contributed by atoms with Gasteiger partial charge < -0.3 is 14.8 Å². The Morgan fingerprint density at radius 3 is 2.78 bits per heavy atom. The number of fused-ring (bicyclic) bond motifs is 1. The molecule has 27 heavy (non-hydrogen) atoms. The fourth-order valence-electron chi connectivity index (χ4n) is 3.20. The van der Waals surface area contributed by atoms with Gasteiger partial charge in [-0.15, -0.1) is 0 Å². The molecule has 2 aromatic heterocycles. The fourth-order valence-corrected chi connectivity index (χ4v) is 3.20. The molecule has 1 saturated carbocycles. The first-order valence-electron chi connectivity index (χ1n) is 8.60. The van der Waals surface area contributed by atoms with Crippen molar-refractivity contribution in [3.8, 4) is 22.6 Å². The van der Waals surface area contributed by atoms with Crippen molar-refractivity contribution in [2.75, 3.05) is 12.1 Å². The van der Waals surface area contributed by atoms with Crippen molar-refractivity contribution >= 4 is 5.82 Å². The minimum absolute atomic E-state index is 0.147. The number of hydrogen-bond donors (Lipinski definition) is 1. The number of hydrogen-bond acceptors (Lipinski definition) is 5. The number of nitrogens with zero attached hydrogens (tertiary/aromatic N) is 3. The van der Waals surface area contributed by atoms with E-state index in [9.17, 15) is 8.78 Å². The van der Waals surface area contributed by atoms with Gasteiger partial charge in [0.25, 0.3) is 5.92 Å². The van der Waals surface area contributed by atoms with E-state index in [-0.39, 0.29) is 13.2 Å². The molecule has 2 aliphatic rings. The third-order valence-electron chi connectivity index (χ3n) is 4.72. The Morgan fingerprint density at radius 1 is 1.19 bits per heavy atom. The summed E-state index contributed by atoms with van der Waals surface area (Å²) in [5.41, 5.74) is 2.87. The minimum atomic E-state index is -2.64. The second kappa shape index (κ2) is 5.94. The first-order chi connectivity index (χ1) is 13.1. The lowest BCUT2D eigenvalue weighted by Gasteiger charge is -2.10. The third-order valence-corrected chi connectivity index (χ3v) is 4.72. The van der Waals surface area contributed by atoms with Crippen LogP contribution in [0.15, 0.2) is 48.9 Å². The van der Waals surface area contributed by atoms with Gasteiger partial charge in [0.1, 0.15) is 11.9 Å². The highest BCUT2D eigenvalue weighted by molar-refractivity contribution is 5.75. The lowest BCUT2D eigenvalue weighted by atomic mass is 10.0. The normalized spacial score (nSPS) is 19.1. The van der Waals surface area contributed by atoms with Crippen molar-refractivity contribution in [3.05, 3.63) is 54.5 Å². The van der Waals surface area contributed by atoms with Crippen molar-refractivity contribution in [1.29, 1.82) is 0 Å². The van der Waals surface area contributed by atoms with Gasteiger partial charge in [0.2, 0.25) is 6.79 Å². The van der Waals surface area contributed by atoms with Crippen LogP contribution in [0.4, 0.5) is 14.6 Å². The molecule has 1 aliphatic carbocycles. The van der Waals surface area contributed by atoms with Gasteiger partial charge in [-0.1, -0.05) is 0 Å². The van der Waals surface area contributed by atoms with E-state index in [1.165, 1.54) is 4.68 Å². The van der Waals surface area contributed by atoms with E-state index >= 15 is 0 Å². The molecule has 1 aromatic carbocycles. The summed E-state index contributed by atoms with van der Waals surface area (Å²) in [5, 5.41) is 7.37. The maximum atomic E-state index is 13.2. The van der Waals surface area contributed by atoms with Crippen LogP contribution < -0.4 is 14.8 Å². The molecule has 8 heteroatoms. The van der Waals surface area contributed by atoms with Crippen LogP contribution in [-0.2, 0) is 6.54 Å². The van der Waals surface area contributed by atoms with Gasteiger partial charge in [0.05, 0.1) is 0 Å². The number of benzene rings is 1. The summed E-state index contributed by atoms with van der Waals surface area (Å²) < 4.78 is 38.8. The van der Waals surface area contributed by atoms with Gasteiger partial charge in [-0.25, -0.2) is 8.78 Å². The Balaban J connectivity index is 1.37. The van der Waals surface area contributed by atoms with E-state index in [1.807, 2.05) is 24.3 Å². The zero-order valence-corrected chi connectivity index (χ0v) is 14.2. The zero-order valence-electron chi connectivity index (χ0n) is 14.2. The number of nitrogens with one attached hydrogen (secondary N) is 1. The van der Waals surface area contributed by atoms with Gasteiger partial charge in [-0.3, -0.25) is 9.67 Å². The summed E-state index contributed by atoms with van der Waals surface area (Å²) in [6.07, 6.45) is 4.88. The van der Waals surface area contributed by atoms with Crippen LogP contribution in [0.1, 0.15) is 18.0 Å². The molecule has 0 spiro atoms. The summed E-state index contributed by atoms with van der Waals surface area (Å²) in [7, 11) is 0. The number of ether oxygens (including phenoxy) is 2. The van der Waals surface area contributed by atoms with E-state index in [2.05, 4.69) is 15.4 Å². The topological polar surface area (TPSA) is 61.2 Å². The Bertz CT molecular complexity index is 991. The molecule has 1 fully saturated rings. The zero-order chi connectivity index (χ0) is 18.4. The fraction of sp³-hybridized carbons (Fsp3) is 0.263. The number of pyridine rings is 1. The molecule has 3 aromatic rings. The van der Waals surface area contributed by atoms with Crippen LogP contribution >= 0.6 is 0 Å². The van der Waals surface area contributed by atoms with Gasteiger partial charge in [-0.2, -0.15) is 5.10 Å². The first kappa shape index (κ1) is 16.0. The standard InChI is InChI=1S/C19H16F2N4O2/c20-19(21)9-16(19)25-6-3-17(24-25)23-10-12-7-14(13-1-4-22-5-2-13)18-15(8-12)26-11-27-18/h1-8,16H,9-11H2,(H,23,24). The van der Waals surface area contributed by atoms with Crippen LogP contribution in [-0.4, -0.2) is 27.5 Å². The molecule has 0 bridgehead atoms. The molecule has 6 nitrogen and oxygen atoms in total. The molecule has 0 amide bonds. The lowest BCUT2D eigenvalue weighted by molar-refractivity contribution is 0.0984. The highest BCUT2D eigenvalue weighted by atomic mass is 19.3. The van der Waals surface area contributed by atoms with E-state index in [0.717, 1.165) is 16.7 Å². The maximum Gasteiger partial charge on any atom is 0.272 e. The SMILES string of the molecule is FC1(F)CC1n1ccc(NCc2cc3c(c(-c4ccncc4)c2)OCO3)n1. The van der Waals surface area contributed by atoms with Crippen LogP contribution in [0.2, 0.25) is 0 Å². The summed E-state index contributed by atoms with van der Waals surface area (Å²) in [6, 6.07) is 8.62. The summed E-state index contributed by atoms with van der Waals surface area (Å²) in [5.74, 6) is -0.685. The summed E-state index contributed by atoms with van der Waals surface area (Å²) in [6.45, 7) is 0.664. The molecule has 3 heterocycles. The van der Waals surface area contributed by atoms with Crippen LogP contribution in [0, 0.1) is 0 Å². The highest BCUT2D eigenvalue weighted by Gasteiger charge is 2.59. The summed E-state index contributed by atoms with van der Waals surface area (Å²) >= 11 is 0. The van der Waals surface area contributed by atoms with Crippen molar-refractivity contribution in [2.24, 2.45) is 0 Å². The number of aromatic nitrogens is 3. The molecule has 1 unspecified atom stereocenters. The molecule has 1 aliphatic heterocycles. The van der Waals surface area contributed by atoms with Gasteiger partial charge >= 0.3 is 0 Å². The van der Waals surface area contributed by atoms with E-state index < -0.39 is 12.0 Å². The Labute approximate surface area is 153 Å². The molecule has 0 radical (unpaired) electrons. The second-order valence-corrected chi connectivity index (χ2v) is 6.63. The van der Waals surface area contributed by atoms with E-state index in [4.69, 9.17) is 9.47 Å². The van der Waals surface area contributed by atoms with Gasteiger partial charge in [0, 0.05) is 43.2 Å². The molecular formula is C19H16F2N4O2. The number of alkyl halides is 2. The quantitative estimate of drug-likeness (QED) is 0.739. The highest BCUT2D eigenvalue weighted by Crippen LogP contribution is 2.52. The van der Waals surface area contributed by atoms with Crippen molar-refractivity contribution in [1.82, 2.24) is 14.8 Å². The summed E-state index contributed by atoms with van der Waals surface area (Å²) in [4.78, 5) is 4.05. The molecule has 1 atom stereocenters. The van der Waals surface area contributed by atoms with E-state index in [1.54, 1.807) is 24.7 Å². The molecule has 0 saturated heterocycles. The predicted octanol–water partition coefficient (Wildman–Crippen LogP) is 3.87. The monoisotopic (exact) mass is 370 g/mol. The van der Waals surface area contributed by atoms with E-state index in [0.29, 0.717) is 23.9 Å². The minimum Gasteiger partial charge on any atom is -0.454 e. The van der Waals surface area contributed by atoms with Crippen molar-refractivity contribution in [2.45, 2.75) is 24.9 Å². The average molecular weight is 370 g/mol. The molecule has 5 rings (SSSR count). The second-order valence-electron chi connectivity index (χ2n) is 6.63. The van der Waals surface area contributed by atoms with Crippen LogP contribution in [0.5, 0.6) is 11.5 Å². The Kier molecular flexibility index (Phi) is 3.53. The molecular weight excluding hydrogens is 354 g/mol. The third kappa shape index (κ3) is 2.97. The Hall–Kier alpha value is -3.16. The van der Waals surface area contributed by atoms with Gasteiger partial charge in [-0.05, 0) is 35.4 Å². The number of rotatable bonds is 5. The van der Waals surface area contributed by atoms with Crippen molar-refractivity contribution < 1.29 is 18.3 Å².